The summed E-state index contributed by atoms with van der Waals surface area (Å²) < 4.78 is 11.7. The van der Waals surface area contributed by atoms with Gasteiger partial charge in [-0.25, -0.2) is 0 Å². The van der Waals surface area contributed by atoms with Gasteiger partial charge in [0.2, 0.25) is 0 Å². The zero-order valence-electron chi connectivity index (χ0n) is 14.3. The maximum Gasteiger partial charge on any atom is 0.302 e. The zero-order valence-corrected chi connectivity index (χ0v) is 14.3. The van der Waals surface area contributed by atoms with E-state index in [1.807, 2.05) is 12.3 Å². The average Bonchev–Trinajstić information content (AvgIpc) is 2.52. The van der Waals surface area contributed by atoms with Gasteiger partial charge in [0.15, 0.2) is 0 Å². The van der Waals surface area contributed by atoms with Crippen molar-refractivity contribution in [2.75, 3.05) is 13.2 Å². The third-order valence-corrected chi connectivity index (χ3v) is 5.81. The Morgan fingerprint density at radius 2 is 2.26 bits per heavy atom. The second kappa shape index (κ2) is 6.08. The molecule has 0 aromatic carbocycles. The summed E-state index contributed by atoms with van der Waals surface area (Å²) in [6, 6.07) is 4.03. The van der Waals surface area contributed by atoms with Crippen molar-refractivity contribution >= 4 is 5.97 Å². The molecule has 1 fully saturated rings. The van der Waals surface area contributed by atoms with Crippen LogP contribution in [0.5, 0.6) is 0 Å². The van der Waals surface area contributed by atoms with Crippen molar-refractivity contribution in [2.45, 2.75) is 33.8 Å². The Labute approximate surface area is 137 Å². The highest BCUT2D eigenvalue weighted by Gasteiger charge is 2.54. The first-order valence-corrected chi connectivity index (χ1v) is 8.29. The lowest BCUT2D eigenvalue weighted by Crippen LogP contribution is -2.54. The summed E-state index contributed by atoms with van der Waals surface area (Å²) in [5.41, 5.74) is 2.33. The Kier molecular flexibility index (Phi) is 4.28. The van der Waals surface area contributed by atoms with Crippen LogP contribution in [-0.4, -0.2) is 24.2 Å². The second-order valence-corrected chi connectivity index (χ2v) is 7.05. The molecule has 2 aliphatic rings. The molecule has 0 N–H and O–H groups in total. The molecule has 124 valence electrons. The van der Waals surface area contributed by atoms with Crippen molar-refractivity contribution < 1.29 is 14.3 Å². The highest BCUT2D eigenvalue weighted by atomic mass is 16.5. The van der Waals surface area contributed by atoms with Gasteiger partial charge in [0.25, 0.3) is 0 Å². The molecular formula is C19H25NO3. The Morgan fingerprint density at radius 3 is 2.91 bits per heavy atom. The van der Waals surface area contributed by atoms with Crippen LogP contribution in [0.25, 0.3) is 0 Å². The number of fused-ring (bicyclic) bond motifs is 2. The van der Waals surface area contributed by atoms with Crippen molar-refractivity contribution in [3.8, 4) is 0 Å². The first-order chi connectivity index (χ1) is 11.0. The smallest absolute Gasteiger partial charge is 0.302 e. The normalized spacial score (nSPS) is 36.3. The summed E-state index contributed by atoms with van der Waals surface area (Å²) in [7, 11) is 0. The van der Waals surface area contributed by atoms with Crippen LogP contribution in [0.4, 0.5) is 0 Å². The highest BCUT2D eigenvalue weighted by Crippen LogP contribution is 2.56. The van der Waals surface area contributed by atoms with E-state index in [0.717, 1.165) is 5.56 Å². The minimum atomic E-state index is -0.226. The number of rotatable bonds is 3. The number of hydrogen-bond acceptors (Lipinski definition) is 4. The molecule has 1 aliphatic carbocycles. The van der Waals surface area contributed by atoms with Crippen LogP contribution in [0.1, 0.15) is 39.4 Å². The molecule has 1 aliphatic heterocycles. The van der Waals surface area contributed by atoms with Gasteiger partial charge in [-0.05, 0) is 30.4 Å². The van der Waals surface area contributed by atoms with Crippen LogP contribution in [-0.2, 0) is 14.3 Å². The fraction of sp³-hybridized carbons (Fsp3) is 0.579. The maximum absolute atomic E-state index is 11.3. The quantitative estimate of drug-likeness (QED) is 0.632. The monoisotopic (exact) mass is 315 g/mol. The lowest BCUT2D eigenvalue weighted by molar-refractivity contribution is -0.180. The third kappa shape index (κ3) is 2.69. The molecule has 4 heteroatoms. The summed E-state index contributed by atoms with van der Waals surface area (Å²) in [5.74, 6) is 0.763. The van der Waals surface area contributed by atoms with Gasteiger partial charge in [-0.2, -0.15) is 0 Å². The van der Waals surface area contributed by atoms with Gasteiger partial charge in [-0.1, -0.05) is 31.6 Å². The minimum Gasteiger partial charge on any atom is -0.465 e. The SMILES string of the molecule is CC(=O)OC[C@@]12CO[C@H](c3cccnc3)[C@@H](C(C)=C[C@H]1C)[C@@H]2C. The highest BCUT2D eigenvalue weighted by molar-refractivity contribution is 5.66. The second-order valence-electron chi connectivity index (χ2n) is 7.05. The molecule has 2 bridgehead atoms. The van der Waals surface area contributed by atoms with E-state index in [1.54, 1.807) is 6.20 Å². The van der Waals surface area contributed by atoms with Crippen molar-refractivity contribution in [1.29, 1.82) is 0 Å². The topological polar surface area (TPSA) is 48.4 Å². The number of allylic oxidation sites excluding steroid dienone is 1. The number of pyridine rings is 1. The van der Waals surface area contributed by atoms with Crippen molar-refractivity contribution in [3.63, 3.8) is 0 Å². The molecule has 5 atom stereocenters. The Balaban J connectivity index is 1.95. The van der Waals surface area contributed by atoms with E-state index in [9.17, 15) is 4.79 Å². The van der Waals surface area contributed by atoms with Gasteiger partial charge in [-0.3, -0.25) is 9.78 Å². The van der Waals surface area contributed by atoms with Crippen molar-refractivity contribution in [2.24, 2.45) is 23.2 Å². The molecule has 3 rings (SSSR count). The van der Waals surface area contributed by atoms with Gasteiger partial charge < -0.3 is 9.47 Å². The number of ether oxygens (including phenoxy) is 2. The molecule has 0 spiro atoms. The van der Waals surface area contributed by atoms with E-state index in [1.165, 1.54) is 12.5 Å². The number of carbonyl (C=O) groups excluding carboxylic acids is 1. The molecule has 0 unspecified atom stereocenters. The standard InChI is InChI=1S/C19H25NO3/c1-12-8-13(2)19(10-22-15(4)21)11-23-18(17(12)14(19)3)16-6-5-7-20-9-16/h5-9,13-14,17-18H,10-11H2,1-4H3/t13-,14+,17+,18-,19-/m1/s1. The van der Waals surface area contributed by atoms with E-state index in [-0.39, 0.29) is 17.5 Å². The Hall–Kier alpha value is -1.68. The van der Waals surface area contributed by atoms with E-state index < -0.39 is 0 Å². The lowest BCUT2D eigenvalue weighted by Gasteiger charge is -2.55. The fourth-order valence-corrected chi connectivity index (χ4v) is 4.34. The molecule has 0 amide bonds. The van der Waals surface area contributed by atoms with Crippen LogP contribution < -0.4 is 0 Å². The van der Waals surface area contributed by atoms with Crippen molar-refractivity contribution in [3.05, 3.63) is 41.7 Å². The summed E-state index contributed by atoms with van der Waals surface area (Å²) >= 11 is 0. The molecule has 0 saturated carbocycles. The van der Waals surface area contributed by atoms with Gasteiger partial charge in [0.05, 0.1) is 19.3 Å². The van der Waals surface area contributed by atoms with Crippen LogP contribution >= 0.6 is 0 Å². The molecule has 4 nitrogen and oxygen atoms in total. The van der Waals surface area contributed by atoms with Crippen LogP contribution in [0, 0.1) is 23.2 Å². The summed E-state index contributed by atoms with van der Waals surface area (Å²) in [6.07, 6.45) is 6.03. The lowest BCUT2D eigenvalue weighted by atomic mass is 9.56. The van der Waals surface area contributed by atoms with E-state index in [0.29, 0.717) is 31.0 Å². The van der Waals surface area contributed by atoms with Gasteiger partial charge in [-0.15, -0.1) is 0 Å². The van der Waals surface area contributed by atoms with Crippen LogP contribution in [0.3, 0.4) is 0 Å². The molecule has 1 aromatic rings. The summed E-state index contributed by atoms with van der Waals surface area (Å²) in [6.45, 7) is 9.15. The summed E-state index contributed by atoms with van der Waals surface area (Å²) in [5, 5.41) is 0. The average molecular weight is 315 g/mol. The minimum absolute atomic E-state index is 0.0212. The molecule has 1 saturated heterocycles. The third-order valence-electron chi connectivity index (χ3n) is 5.81. The molecular weight excluding hydrogens is 290 g/mol. The zero-order chi connectivity index (χ0) is 16.6. The molecule has 0 radical (unpaired) electrons. The van der Waals surface area contributed by atoms with E-state index in [2.05, 4.69) is 37.9 Å². The van der Waals surface area contributed by atoms with Crippen LogP contribution in [0.2, 0.25) is 0 Å². The van der Waals surface area contributed by atoms with Crippen molar-refractivity contribution in [1.82, 2.24) is 4.98 Å². The molecule has 2 heterocycles. The Bertz CT molecular complexity index is 612. The van der Waals surface area contributed by atoms with Crippen LogP contribution in [0.15, 0.2) is 36.2 Å². The summed E-state index contributed by atoms with van der Waals surface area (Å²) in [4.78, 5) is 15.6. The first kappa shape index (κ1) is 16.2. The number of aromatic nitrogens is 1. The van der Waals surface area contributed by atoms with Gasteiger partial charge >= 0.3 is 5.97 Å². The predicted molar refractivity (Wildman–Crippen MR) is 87.6 cm³/mol. The number of esters is 1. The van der Waals surface area contributed by atoms with Gasteiger partial charge in [0, 0.05) is 30.7 Å². The predicted octanol–water partition coefficient (Wildman–Crippen LogP) is 3.55. The number of hydrogen-bond donors (Lipinski definition) is 0. The molecule has 23 heavy (non-hydrogen) atoms. The largest absolute Gasteiger partial charge is 0.465 e. The first-order valence-electron chi connectivity index (χ1n) is 8.29. The number of nitrogens with zero attached hydrogens (tertiary/aromatic N) is 1. The van der Waals surface area contributed by atoms with E-state index >= 15 is 0 Å². The Morgan fingerprint density at radius 1 is 1.48 bits per heavy atom. The van der Waals surface area contributed by atoms with Gasteiger partial charge in [0.1, 0.15) is 0 Å². The van der Waals surface area contributed by atoms with E-state index in [4.69, 9.17) is 9.47 Å². The number of carbonyl (C=O) groups is 1. The molecule has 1 aromatic heterocycles. The fourth-order valence-electron chi connectivity index (χ4n) is 4.34. The maximum atomic E-state index is 11.3.